The van der Waals surface area contributed by atoms with Crippen LogP contribution in [0.2, 0.25) is 0 Å². The Morgan fingerprint density at radius 2 is 2.18 bits per heavy atom. The summed E-state index contributed by atoms with van der Waals surface area (Å²) in [5.41, 5.74) is 0.971. The van der Waals surface area contributed by atoms with Gasteiger partial charge in [-0.3, -0.25) is 4.79 Å². The molecular formula is C9H11NO. The average Bonchev–Trinajstić information content (AvgIpc) is 2.40. The van der Waals surface area contributed by atoms with Gasteiger partial charge < -0.3 is 0 Å². The number of carbonyl (C=O) groups is 1. The molecule has 0 spiro atoms. The molecule has 0 radical (unpaired) electrons. The number of rotatable bonds is 0. The molecule has 0 aromatic carbocycles. The topological polar surface area (TPSA) is 29.4 Å². The summed E-state index contributed by atoms with van der Waals surface area (Å²) in [6.45, 7) is 0. The maximum absolute atomic E-state index is 11.2. The van der Waals surface area contributed by atoms with Crippen molar-refractivity contribution in [1.29, 1.82) is 0 Å². The summed E-state index contributed by atoms with van der Waals surface area (Å²) in [7, 11) is 0. The summed E-state index contributed by atoms with van der Waals surface area (Å²) in [6.07, 6.45) is 8.11. The molecule has 0 bridgehead atoms. The van der Waals surface area contributed by atoms with Crippen molar-refractivity contribution >= 4 is 12.1 Å². The molecule has 0 aromatic heterocycles. The van der Waals surface area contributed by atoms with Crippen LogP contribution in [0.4, 0.5) is 0 Å². The highest BCUT2D eigenvalue weighted by Crippen LogP contribution is 2.31. The van der Waals surface area contributed by atoms with E-state index in [1.165, 1.54) is 0 Å². The first-order valence-corrected chi connectivity index (χ1v) is 4.15. The van der Waals surface area contributed by atoms with Crippen LogP contribution < -0.4 is 0 Å². The van der Waals surface area contributed by atoms with Crippen LogP contribution in [-0.2, 0) is 4.79 Å². The summed E-state index contributed by atoms with van der Waals surface area (Å²) in [5, 5.41) is 0. The number of allylic oxidation sites excluding steroid dienone is 1. The second-order valence-electron chi connectivity index (χ2n) is 3.13. The minimum Gasteiger partial charge on any atom is -0.267 e. The third-order valence-corrected chi connectivity index (χ3v) is 2.42. The first kappa shape index (κ1) is 6.77. The van der Waals surface area contributed by atoms with Crippen LogP contribution in [0, 0.1) is 5.92 Å². The van der Waals surface area contributed by atoms with Crippen LogP contribution in [0.15, 0.2) is 16.6 Å². The first-order valence-electron chi connectivity index (χ1n) is 4.15. The van der Waals surface area contributed by atoms with Crippen molar-refractivity contribution in [3.05, 3.63) is 11.6 Å². The van der Waals surface area contributed by atoms with E-state index >= 15 is 0 Å². The zero-order valence-electron chi connectivity index (χ0n) is 6.42. The zero-order valence-corrected chi connectivity index (χ0v) is 6.42. The smallest absolute Gasteiger partial charge is 0.267 e. The van der Waals surface area contributed by atoms with Crippen molar-refractivity contribution < 1.29 is 4.79 Å². The lowest BCUT2D eigenvalue weighted by molar-refractivity contribution is -0.114. The Hall–Kier alpha value is -0.920. The molecule has 58 valence electrons. The first-order chi connectivity index (χ1) is 5.38. The lowest BCUT2D eigenvalue weighted by atomic mass is 9.97. The summed E-state index contributed by atoms with van der Waals surface area (Å²) in [6, 6.07) is 0. The van der Waals surface area contributed by atoms with Crippen LogP contribution in [0.1, 0.15) is 25.7 Å². The highest BCUT2D eigenvalue weighted by atomic mass is 16.1. The molecule has 1 aliphatic heterocycles. The highest BCUT2D eigenvalue weighted by Gasteiger charge is 2.25. The zero-order chi connectivity index (χ0) is 7.68. The Labute approximate surface area is 66.0 Å². The summed E-state index contributed by atoms with van der Waals surface area (Å²) >= 11 is 0. The van der Waals surface area contributed by atoms with Gasteiger partial charge in [-0.1, -0.05) is 6.08 Å². The maximum atomic E-state index is 11.2. The highest BCUT2D eigenvalue weighted by molar-refractivity contribution is 5.99. The van der Waals surface area contributed by atoms with Crippen molar-refractivity contribution in [1.82, 2.24) is 0 Å². The molecule has 1 amide bonds. The van der Waals surface area contributed by atoms with Crippen LogP contribution >= 0.6 is 0 Å². The lowest BCUT2D eigenvalue weighted by Gasteiger charge is -2.06. The van der Waals surface area contributed by atoms with Gasteiger partial charge in [0.05, 0.1) is 0 Å². The van der Waals surface area contributed by atoms with E-state index in [4.69, 9.17) is 0 Å². The van der Waals surface area contributed by atoms with Gasteiger partial charge in [0.25, 0.3) is 5.91 Å². The van der Waals surface area contributed by atoms with E-state index in [1.54, 1.807) is 6.21 Å². The molecule has 0 aromatic rings. The maximum Gasteiger partial charge on any atom is 0.272 e. The number of hydrogen-bond acceptors (Lipinski definition) is 1. The number of nitrogens with zero attached hydrogens (tertiary/aromatic N) is 1. The monoisotopic (exact) mass is 149 g/mol. The fourth-order valence-electron chi connectivity index (χ4n) is 1.82. The van der Waals surface area contributed by atoms with Gasteiger partial charge in [-0.05, 0) is 31.6 Å². The van der Waals surface area contributed by atoms with Crippen molar-refractivity contribution in [3.8, 4) is 0 Å². The number of hydrogen-bond donors (Lipinski definition) is 0. The summed E-state index contributed by atoms with van der Waals surface area (Å²) < 4.78 is 0. The molecule has 11 heavy (non-hydrogen) atoms. The second kappa shape index (κ2) is 2.61. The third kappa shape index (κ3) is 1.13. The minimum atomic E-state index is 0.00463. The van der Waals surface area contributed by atoms with E-state index < -0.39 is 0 Å². The predicted octanol–water partition coefficient (Wildman–Crippen LogP) is 1.71. The third-order valence-electron chi connectivity index (χ3n) is 2.42. The van der Waals surface area contributed by atoms with Crippen molar-refractivity contribution in [2.24, 2.45) is 10.9 Å². The molecule has 2 nitrogen and oxygen atoms in total. The SMILES string of the molecule is O=C1N=CCCC2CCC=C12. The molecule has 1 heterocycles. The molecule has 1 aliphatic carbocycles. The van der Waals surface area contributed by atoms with E-state index in [2.05, 4.69) is 11.1 Å². The molecule has 1 unspecified atom stereocenters. The van der Waals surface area contributed by atoms with E-state index in [1.807, 2.05) is 0 Å². The molecule has 2 rings (SSSR count). The van der Waals surface area contributed by atoms with Gasteiger partial charge >= 0.3 is 0 Å². The fraction of sp³-hybridized carbons (Fsp3) is 0.556. The molecule has 0 saturated heterocycles. The predicted molar refractivity (Wildman–Crippen MR) is 43.5 cm³/mol. The molecule has 2 aliphatic rings. The van der Waals surface area contributed by atoms with Gasteiger partial charge in [0.1, 0.15) is 0 Å². The Kier molecular flexibility index (Phi) is 1.60. The molecule has 0 fully saturated rings. The van der Waals surface area contributed by atoms with Crippen molar-refractivity contribution in [2.75, 3.05) is 0 Å². The van der Waals surface area contributed by atoms with Crippen LogP contribution in [0.25, 0.3) is 0 Å². The number of amides is 1. The quantitative estimate of drug-likeness (QED) is 0.515. The number of carbonyl (C=O) groups excluding carboxylic acids is 1. The number of fused-ring (bicyclic) bond motifs is 1. The van der Waals surface area contributed by atoms with Crippen LogP contribution in [0.5, 0.6) is 0 Å². The van der Waals surface area contributed by atoms with Gasteiger partial charge in [0.2, 0.25) is 0 Å². The van der Waals surface area contributed by atoms with E-state index in [-0.39, 0.29) is 5.91 Å². The fourth-order valence-corrected chi connectivity index (χ4v) is 1.82. The summed E-state index contributed by atoms with van der Waals surface area (Å²) in [4.78, 5) is 15.1. The standard InChI is InChI=1S/C9H11NO/c11-9-8-5-1-3-7(8)4-2-6-10-9/h5-7H,1-4H2. The Morgan fingerprint density at radius 1 is 1.36 bits per heavy atom. The van der Waals surface area contributed by atoms with Gasteiger partial charge in [-0.2, -0.15) is 0 Å². The second-order valence-corrected chi connectivity index (χ2v) is 3.13. The lowest BCUT2D eigenvalue weighted by Crippen LogP contribution is -2.04. The van der Waals surface area contributed by atoms with Gasteiger partial charge in [-0.15, -0.1) is 0 Å². The van der Waals surface area contributed by atoms with Crippen molar-refractivity contribution in [2.45, 2.75) is 25.7 Å². The molecule has 2 heteroatoms. The molecule has 0 N–H and O–H groups in total. The summed E-state index contributed by atoms with van der Waals surface area (Å²) in [5.74, 6) is 0.523. The molecular weight excluding hydrogens is 138 g/mol. The van der Waals surface area contributed by atoms with E-state index in [0.29, 0.717) is 5.92 Å². The largest absolute Gasteiger partial charge is 0.272 e. The van der Waals surface area contributed by atoms with Gasteiger partial charge in [-0.25, -0.2) is 4.99 Å². The molecule has 0 saturated carbocycles. The molecule has 1 atom stereocenters. The normalized spacial score (nSPS) is 29.6. The van der Waals surface area contributed by atoms with Gasteiger partial charge in [0, 0.05) is 11.8 Å². The number of aliphatic imine (C=N–C) groups is 1. The van der Waals surface area contributed by atoms with Gasteiger partial charge in [0.15, 0.2) is 0 Å². The van der Waals surface area contributed by atoms with Crippen LogP contribution in [-0.4, -0.2) is 12.1 Å². The van der Waals surface area contributed by atoms with E-state index in [0.717, 1.165) is 31.3 Å². The minimum absolute atomic E-state index is 0.00463. The van der Waals surface area contributed by atoms with Crippen LogP contribution in [0.3, 0.4) is 0 Å². The Bertz CT molecular complexity index is 240. The van der Waals surface area contributed by atoms with E-state index in [9.17, 15) is 4.79 Å². The van der Waals surface area contributed by atoms with Crippen molar-refractivity contribution in [3.63, 3.8) is 0 Å². The average molecular weight is 149 g/mol. The Morgan fingerprint density at radius 3 is 3.09 bits per heavy atom. The Balaban J connectivity index is 2.28.